The van der Waals surface area contributed by atoms with Crippen LogP contribution in [0.3, 0.4) is 0 Å². The Bertz CT molecular complexity index is 459. The van der Waals surface area contributed by atoms with Crippen molar-refractivity contribution in [1.82, 2.24) is 9.88 Å². The standard InChI is InChI=1S/C13H18N2O3/c1-9-7-15(13(2,3)8-18-9)12(17)11-10(16)5-4-6-14-11/h4-6,9,16H,7-8H2,1-3H3/t9-/m1/s1. The molecule has 1 atom stereocenters. The summed E-state index contributed by atoms with van der Waals surface area (Å²) in [5.41, 5.74) is -0.298. The fourth-order valence-electron chi connectivity index (χ4n) is 2.03. The Morgan fingerprint density at radius 3 is 3.00 bits per heavy atom. The zero-order valence-corrected chi connectivity index (χ0v) is 10.9. The van der Waals surface area contributed by atoms with Crippen LogP contribution in [0.15, 0.2) is 18.3 Å². The second-order valence-electron chi connectivity index (χ2n) is 5.22. The van der Waals surface area contributed by atoms with E-state index in [1.807, 2.05) is 20.8 Å². The lowest BCUT2D eigenvalue weighted by Gasteiger charge is -2.44. The average Bonchev–Trinajstić information content (AvgIpc) is 2.32. The molecule has 98 valence electrons. The molecular formula is C13H18N2O3. The molecule has 1 aliphatic heterocycles. The first-order chi connectivity index (χ1) is 8.42. The molecule has 18 heavy (non-hydrogen) atoms. The predicted octanol–water partition coefficient (Wildman–Crippen LogP) is 1.43. The largest absolute Gasteiger partial charge is 0.505 e. The number of carbonyl (C=O) groups excluding carboxylic acids is 1. The van der Waals surface area contributed by atoms with Gasteiger partial charge in [0.05, 0.1) is 18.2 Å². The molecular weight excluding hydrogens is 232 g/mol. The number of rotatable bonds is 1. The lowest BCUT2D eigenvalue weighted by molar-refractivity contribution is -0.0758. The molecule has 0 aromatic carbocycles. The van der Waals surface area contributed by atoms with Crippen molar-refractivity contribution in [2.45, 2.75) is 32.4 Å². The highest BCUT2D eigenvalue weighted by molar-refractivity contribution is 5.95. The predicted molar refractivity (Wildman–Crippen MR) is 66.4 cm³/mol. The van der Waals surface area contributed by atoms with Crippen molar-refractivity contribution < 1.29 is 14.6 Å². The first-order valence-corrected chi connectivity index (χ1v) is 5.99. The first kappa shape index (κ1) is 12.8. The van der Waals surface area contributed by atoms with Gasteiger partial charge in [-0.1, -0.05) is 0 Å². The number of hydrogen-bond acceptors (Lipinski definition) is 4. The Morgan fingerprint density at radius 1 is 1.61 bits per heavy atom. The molecule has 1 saturated heterocycles. The summed E-state index contributed by atoms with van der Waals surface area (Å²) < 4.78 is 5.56. The number of nitrogens with zero attached hydrogens (tertiary/aromatic N) is 2. The Labute approximate surface area is 106 Å². The van der Waals surface area contributed by atoms with E-state index < -0.39 is 5.54 Å². The van der Waals surface area contributed by atoms with E-state index in [2.05, 4.69) is 4.98 Å². The van der Waals surface area contributed by atoms with Crippen molar-refractivity contribution in [1.29, 1.82) is 0 Å². The normalized spacial score (nSPS) is 22.8. The van der Waals surface area contributed by atoms with Crippen LogP contribution in [0.4, 0.5) is 0 Å². The van der Waals surface area contributed by atoms with E-state index in [9.17, 15) is 9.90 Å². The number of morpholine rings is 1. The fourth-order valence-corrected chi connectivity index (χ4v) is 2.03. The van der Waals surface area contributed by atoms with E-state index in [4.69, 9.17) is 4.74 Å². The van der Waals surface area contributed by atoms with E-state index in [-0.39, 0.29) is 23.5 Å². The number of pyridine rings is 1. The number of hydrogen-bond donors (Lipinski definition) is 1. The van der Waals surface area contributed by atoms with Crippen molar-refractivity contribution in [2.75, 3.05) is 13.2 Å². The van der Waals surface area contributed by atoms with Gasteiger partial charge >= 0.3 is 0 Å². The first-order valence-electron chi connectivity index (χ1n) is 5.99. The summed E-state index contributed by atoms with van der Waals surface area (Å²) in [5, 5.41) is 9.71. The molecule has 1 fully saturated rings. The summed E-state index contributed by atoms with van der Waals surface area (Å²) in [6.45, 7) is 6.79. The fraction of sp³-hybridized carbons (Fsp3) is 0.538. The molecule has 1 amide bonds. The van der Waals surface area contributed by atoms with Crippen LogP contribution in [0.2, 0.25) is 0 Å². The lowest BCUT2D eigenvalue weighted by Crippen LogP contribution is -2.57. The van der Waals surface area contributed by atoms with Crippen molar-refractivity contribution in [2.24, 2.45) is 0 Å². The third kappa shape index (κ3) is 2.31. The van der Waals surface area contributed by atoms with E-state index in [1.165, 1.54) is 12.3 Å². The molecule has 2 rings (SSSR count). The van der Waals surface area contributed by atoms with Gasteiger partial charge in [-0.2, -0.15) is 0 Å². The minimum atomic E-state index is -0.395. The van der Waals surface area contributed by atoms with E-state index >= 15 is 0 Å². The van der Waals surface area contributed by atoms with Gasteiger partial charge in [0.25, 0.3) is 5.91 Å². The molecule has 1 aromatic rings. The van der Waals surface area contributed by atoms with Crippen LogP contribution >= 0.6 is 0 Å². The smallest absolute Gasteiger partial charge is 0.276 e. The van der Waals surface area contributed by atoms with Crippen molar-refractivity contribution in [3.8, 4) is 5.75 Å². The number of aromatic nitrogens is 1. The summed E-state index contributed by atoms with van der Waals surface area (Å²) in [6, 6.07) is 3.07. The molecule has 0 unspecified atom stereocenters. The SMILES string of the molecule is C[C@@H]1CN(C(=O)c2ncccc2O)C(C)(C)CO1. The zero-order chi connectivity index (χ0) is 13.3. The number of amides is 1. The maximum absolute atomic E-state index is 12.4. The van der Waals surface area contributed by atoms with Crippen LogP contribution < -0.4 is 0 Å². The van der Waals surface area contributed by atoms with Gasteiger partial charge in [0.15, 0.2) is 5.69 Å². The second kappa shape index (κ2) is 4.57. The molecule has 1 aliphatic rings. The molecule has 1 aromatic heterocycles. The Balaban J connectivity index is 2.30. The lowest BCUT2D eigenvalue weighted by atomic mass is 10.00. The Kier molecular flexibility index (Phi) is 3.26. The molecule has 5 heteroatoms. The van der Waals surface area contributed by atoms with Crippen LogP contribution in [0.5, 0.6) is 5.75 Å². The van der Waals surface area contributed by atoms with Crippen molar-refractivity contribution in [3.05, 3.63) is 24.0 Å². The molecule has 0 spiro atoms. The van der Waals surface area contributed by atoms with Gasteiger partial charge in [-0.25, -0.2) is 4.98 Å². The maximum Gasteiger partial charge on any atom is 0.276 e. The van der Waals surface area contributed by atoms with Gasteiger partial charge in [0, 0.05) is 12.7 Å². The Morgan fingerprint density at radius 2 is 2.33 bits per heavy atom. The average molecular weight is 250 g/mol. The van der Waals surface area contributed by atoms with Crippen molar-refractivity contribution in [3.63, 3.8) is 0 Å². The van der Waals surface area contributed by atoms with Gasteiger partial charge in [-0.15, -0.1) is 0 Å². The highest BCUT2D eigenvalue weighted by atomic mass is 16.5. The van der Waals surface area contributed by atoms with Crippen LogP contribution in [0, 0.1) is 0 Å². The minimum absolute atomic E-state index is 0.00664. The van der Waals surface area contributed by atoms with E-state index in [0.29, 0.717) is 13.2 Å². The summed E-state index contributed by atoms with van der Waals surface area (Å²) in [7, 11) is 0. The molecule has 0 saturated carbocycles. The van der Waals surface area contributed by atoms with Crippen LogP contribution in [0.1, 0.15) is 31.3 Å². The third-order valence-electron chi connectivity index (χ3n) is 3.13. The quantitative estimate of drug-likeness (QED) is 0.819. The van der Waals surface area contributed by atoms with Crippen LogP contribution in [0.25, 0.3) is 0 Å². The summed E-state index contributed by atoms with van der Waals surface area (Å²) in [4.78, 5) is 18.1. The van der Waals surface area contributed by atoms with Crippen LogP contribution in [-0.2, 0) is 4.74 Å². The monoisotopic (exact) mass is 250 g/mol. The molecule has 5 nitrogen and oxygen atoms in total. The maximum atomic E-state index is 12.4. The topological polar surface area (TPSA) is 62.7 Å². The molecule has 0 bridgehead atoms. The number of aromatic hydroxyl groups is 1. The highest BCUT2D eigenvalue weighted by Crippen LogP contribution is 2.26. The minimum Gasteiger partial charge on any atom is -0.505 e. The molecule has 1 N–H and O–H groups in total. The molecule has 0 aliphatic carbocycles. The molecule has 2 heterocycles. The zero-order valence-electron chi connectivity index (χ0n) is 10.9. The van der Waals surface area contributed by atoms with Gasteiger partial charge in [-0.3, -0.25) is 4.79 Å². The summed E-state index contributed by atoms with van der Waals surface area (Å²) in [6.07, 6.45) is 1.50. The Hall–Kier alpha value is -1.62. The summed E-state index contributed by atoms with van der Waals surface area (Å²) >= 11 is 0. The van der Waals surface area contributed by atoms with Gasteiger partial charge in [0.2, 0.25) is 0 Å². The van der Waals surface area contributed by atoms with Gasteiger partial charge in [0.1, 0.15) is 5.75 Å². The van der Waals surface area contributed by atoms with Crippen LogP contribution in [-0.4, -0.2) is 45.7 Å². The van der Waals surface area contributed by atoms with E-state index in [1.54, 1.807) is 11.0 Å². The van der Waals surface area contributed by atoms with Gasteiger partial charge < -0.3 is 14.7 Å². The van der Waals surface area contributed by atoms with Crippen molar-refractivity contribution >= 4 is 5.91 Å². The second-order valence-corrected chi connectivity index (χ2v) is 5.22. The van der Waals surface area contributed by atoms with E-state index in [0.717, 1.165) is 0 Å². The van der Waals surface area contributed by atoms with Gasteiger partial charge in [-0.05, 0) is 32.9 Å². The summed E-state index contributed by atoms with van der Waals surface area (Å²) in [5.74, 6) is -0.342. The molecule has 0 radical (unpaired) electrons. The third-order valence-corrected chi connectivity index (χ3v) is 3.13. The number of carbonyl (C=O) groups is 1. The highest BCUT2D eigenvalue weighted by Gasteiger charge is 2.38. The number of ether oxygens (including phenoxy) is 1.